The average molecular weight is 455 g/mol. The average Bonchev–Trinajstić information content (AvgIpc) is 2.75. The summed E-state index contributed by atoms with van der Waals surface area (Å²) >= 11 is 3.29. The van der Waals surface area contributed by atoms with E-state index in [9.17, 15) is 9.59 Å². The smallest absolute Gasteiger partial charge is 0.343 e. The Labute approximate surface area is 177 Å². The van der Waals surface area contributed by atoms with E-state index in [1.165, 1.54) is 24.8 Å². The van der Waals surface area contributed by atoms with Gasteiger partial charge in [0.15, 0.2) is 0 Å². The topological polar surface area (TPSA) is 61.8 Å². The molecule has 0 saturated carbocycles. The van der Waals surface area contributed by atoms with E-state index >= 15 is 0 Å². The Balaban J connectivity index is 1.61. The van der Waals surface area contributed by atoms with Crippen molar-refractivity contribution in [2.45, 2.75) is 6.42 Å². The lowest BCUT2D eigenvalue weighted by atomic mass is 10.2. The first-order valence-electron chi connectivity index (χ1n) is 8.93. The fraction of sp³-hybridized carbons (Fsp3) is 0.130. The molecule has 0 atom stereocenters. The minimum atomic E-state index is -0.587. The first kappa shape index (κ1) is 20.6. The Morgan fingerprint density at radius 1 is 0.897 bits per heavy atom. The van der Waals surface area contributed by atoms with Crippen LogP contribution in [0.15, 0.2) is 77.3 Å². The quantitative estimate of drug-likeness (QED) is 0.368. The molecule has 0 heterocycles. The van der Waals surface area contributed by atoms with Gasteiger partial charge in [0.25, 0.3) is 0 Å². The number of hydrogen-bond donors (Lipinski definition) is 0. The molecule has 0 N–H and O–H groups in total. The molecule has 0 aromatic heterocycles. The minimum Gasteiger partial charge on any atom is -0.493 e. The molecule has 0 aliphatic carbocycles. The highest BCUT2D eigenvalue weighted by Gasteiger charge is 2.17. The Morgan fingerprint density at radius 2 is 1.62 bits per heavy atom. The Hall–Kier alpha value is -3.12. The highest BCUT2D eigenvalue weighted by atomic mass is 79.9. The van der Waals surface area contributed by atoms with Crippen LogP contribution in [0, 0.1) is 0 Å². The molecule has 5 nitrogen and oxygen atoms in total. The van der Waals surface area contributed by atoms with E-state index in [1.807, 2.05) is 30.3 Å². The number of halogens is 1. The van der Waals surface area contributed by atoms with Crippen molar-refractivity contribution in [2.24, 2.45) is 0 Å². The molecule has 0 aliphatic rings. The minimum absolute atomic E-state index is 0.133. The monoisotopic (exact) mass is 454 g/mol. The molecule has 148 valence electrons. The number of hydrogen-bond acceptors (Lipinski definition) is 5. The number of benzene rings is 3. The van der Waals surface area contributed by atoms with Crippen LogP contribution >= 0.6 is 15.9 Å². The van der Waals surface area contributed by atoms with Crippen LogP contribution in [0.1, 0.15) is 26.3 Å². The molecule has 0 amide bonds. The molecule has 0 saturated heterocycles. The predicted octanol–water partition coefficient (Wildman–Crippen LogP) is 5.08. The highest BCUT2D eigenvalue weighted by Crippen LogP contribution is 2.25. The fourth-order valence-corrected chi connectivity index (χ4v) is 3.00. The van der Waals surface area contributed by atoms with Gasteiger partial charge in [0.2, 0.25) is 0 Å². The van der Waals surface area contributed by atoms with Crippen LogP contribution in [0.4, 0.5) is 0 Å². The maximum Gasteiger partial charge on any atom is 0.343 e. The molecular weight excluding hydrogens is 436 g/mol. The van der Waals surface area contributed by atoms with Crippen molar-refractivity contribution in [2.75, 3.05) is 13.7 Å². The number of esters is 2. The van der Waals surface area contributed by atoms with E-state index in [2.05, 4.69) is 15.9 Å². The summed E-state index contributed by atoms with van der Waals surface area (Å²) in [6.45, 7) is 0.537. The van der Waals surface area contributed by atoms with Crippen LogP contribution < -0.4 is 9.47 Å². The van der Waals surface area contributed by atoms with Crippen LogP contribution in [0.2, 0.25) is 0 Å². The third kappa shape index (κ3) is 5.68. The van der Waals surface area contributed by atoms with Gasteiger partial charge in [0.1, 0.15) is 17.1 Å². The molecule has 0 bridgehead atoms. The lowest BCUT2D eigenvalue weighted by Gasteiger charge is -2.10. The summed E-state index contributed by atoms with van der Waals surface area (Å²) in [4.78, 5) is 24.3. The number of rotatable bonds is 7. The normalized spacial score (nSPS) is 10.3. The maximum atomic E-state index is 12.4. The second-order valence-electron chi connectivity index (χ2n) is 6.13. The van der Waals surface area contributed by atoms with E-state index in [0.29, 0.717) is 22.4 Å². The van der Waals surface area contributed by atoms with Crippen LogP contribution in [0.25, 0.3) is 0 Å². The van der Waals surface area contributed by atoms with Crippen LogP contribution in [0.3, 0.4) is 0 Å². The summed E-state index contributed by atoms with van der Waals surface area (Å²) in [7, 11) is 1.27. The van der Waals surface area contributed by atoms with Crippen molar-refractivity contribution in [3.8, 4) is 11.5 Å². The molecule has 6 heteroatoms. The zero-order chi connectivity index (χ0) is 20.6. The van der Waals surface area contributed by atoms with Crippen LogP contribution in [-0.4, -0.2) is 25.7 Å². The third-order valence-corrected chi connectivity index (χ3v) is 4.64. The fourth-order valence-electron chi connectivity index (χ4n) is 2.64. The first-order valence-corrected chi connectivity index (χ1v) is 9.73. The Morgan fingerprint density at radius 3 is 2.31 bits per heavy atom. The maximum absolute atomic E-state index is 12.4. The van der Waals surface area contributed by atoms with E-state index in [4.69, 9.17) is 14.2 Å². The third-order valence-electron chi connectivity index (χ3n) is 4.14. The zero-order valence-corrected chi connectivity index (χ0v) is 17.3. The van der Waals surface area contributed by atoms with Gasteiger partial charge in [0, 0.05) is 10.9 Å². The summed E-state index contributed by atoms with van der Waals surface area (Å²) in [6, 6.07) is 21.5. The van der Waals surface area contributed by atoms with Crippen molar-refractivity contribution in [3.63, 3.8) is 0 Å². The molecule has 3 rings (SSSR count). The zero-order valence-electron chi connectivity index (χ0n) is 15.8. The van der Waals surface area contributed by atoms with Gasteiger partial charge in [-0.1, -0.05) is 46.3 Å². The number of carbonyl (C=O) groups excluding carboxylic acids is 2. The molecule has 29 heavy (non-hydrogen) atoms. The molecule has 3 aromatic carbocycles. The number of carbonyl (C=O) groups is 2. The van der Waals surface area contributed by atoms with Gasteiger partial charge >= 0.3 is 11.9 Å². The lowest BCUT2D eigenvalue weighted by molar-refractivity contribution is 0.0593. The largest absolute Gasteiger partial charge is 0.493 e. The van der Waals surface area contributed by atoms with Gasteiger partial charge in [-0.25, -0.2) is 9.59 Å². The van der Waals surface area contributed by atoms with Crippen LogP contribution in [-0.2, 0) is 11.2 Å². The molecule has 0 spiro atoms. The second kappa shape index (κ2) is 9.89. The molecule has 0 aliphatic heterocycles. The van der Waals surface area contributed by atoms with E-state index in [-0.39, 0.29) is 11.3 Å². The predicted molar refractivity (Wildman–Crippen MR) is 113 cm³/mol. The van der Waals surface area contributed by atoms with Crippen molar-refractivity contribution in [1.82, 2.24) is 0 Å². The van der Waals surface area contributed by atoms with Gasteiger partial charge in [-0.3, -0.25) is 0 Å². The summed E-state index contributed by atoms with van der Waals surface area (Å²) < 4.78 is 16.5. The summed E-state index contributed by atoms with van der Waals surface area (Å²) in [5.74, 6) is -0.366. The second-order valence-corrected chi connectivity index (χ2v) is 7.05. The van der Waals surface area contributed by atoms with Crippen LogP contribution in [0.5, 0.6) is 11.5 Å². The number of methoxy groups -OCH3 is 1. The van der Waals surface area contributed by atoms with Gasteiger partial charge in [-0.2, -0.15) is 0 Å². The summed E-state index contributed by atoms with van der Waals surface area (Å²) in [5, 5.41) is 0. The molecule has 0 radical (unpaired) electrons. The lowest BCUT2D eigenvalue weighted by Crippen LogP contribution is -2.12. The van der Waals surface area contributed by atoms with Crippen molar-refractivity contribution >= 4 is 27.9 Å². The van der Waals surface area contributed by atoms with Crippen molar-refractivity contribution in [1.29, 1.82) is 0 Å². The SMILES string of the molecule is COC(=O)c1cc(Br)ccc1OC(=O)c1ccc(OCCc2ccccc2)cc1. The summed E-state index contributed by atoms with van der Waals surface area (Å²) in [5.41, 5.74) is 1.71. The van der Waals surface area contributed by atoms with Crippen molar-refractivity contribution in [3.05, 3.63) is 94.0 Å². The Bertz CT molecular complexity index is 984. The molecule has 0 fully saturated rings. The van der Waals surface area contributed by atoms with Gasteiger partial charge in [-0.05, 0) is 48.0 Å². The highest BCUT2D eigenvalue weighted by molar-refractivity contribution is 9.10. The van der Waals surface area contributed by atoms with E-state index in [0.717, 1.165) is 6.42 Å². The molecule has 0 unspecified atom stereocenters. The van der Waals surface area contributed by atoms with Gasteiger partial charge in [0.05, 0.1) is 19.3 Å². The van der Waals surface area contributed by atoms with Gasteiger partial charge in [-0.15, -0.1) is 0 Å². The first-order chi connectivity index (χ1) is 14.1. The number of ether oxygens (including phenoxy) is 3. The summed E-state index contributed by atoms with van der Waals surface area (Å²) in [6.07, 6.45) is 0.796. The van der Waals surface area contributed by atoms with Crippen molar-refractivity contribution < 1.29 is 23.8 Å². The standard InChI is InChI=1S/C23H19BrO5/c1-27-23(26)20-15-18(24)9-12-21(20)29-22(25)17-7-10-19(11-8-17)28-14-13-16-5-3-2-4-6-16/h2-12,15H,13-14H2,1H3. The molecule has 3 aromatic rings. The van der Waals surface area contributed by atoms with E-state index in [1.54, 1.807) is 30.3 Å². The van der Waals surface area contributed by atoms with E-state index < -0.39 is 11.9 Å². The molecular formula is C23H19BrO5. The Kier molecular flexibility index (Phi) is 7.03. The van der Waals surface area contributed by atoms with Gasteiger partial charge < -0.3 is 14.2 Å².